The Morgan fingerprint density at radius 2 is 1.70 bits per heavy atom. The molecule has 1 aliphatic heterocycles. The summed E-state index contributed by atoms with van der Waals surface area (Å²) < 4.78 is 33.8. The lowest BCUT2D eigenvalue weighted by atomic mass is 9.87. The molecule has 1 N–H and O–H groups in total. The van der Waals surface area contributed by atoms with Crippen LogP contribution >= 0.6 is 0 Å². The van der Waals surface area contributed by atoms with E-state index >= 15 is 0 Å². The number of hydrogen-bond acceptors (Lipinski definition) is 2. The van der Waals surface area contributed by atoms with E-state index in [0.29, 0.717) is 6.42 Å². The van der Waals surface area contributed by atoms with Crippen LogP contribution in [0.4, 0.5) is 8.78 Å². The first kappa shape index (κ1) is 14.8. The fraction of sp³-hybridized carbons (Fsp3) is 0.368. The smallest absolute Gasteiger partial charge is 0.123 e. The van der Waals surface area contributed by atoms with Gasteiger partial charge < -0.3 is 10.1 Å². The Bertz CT molecular complexity index is 687. The molecule has 0 bridgehead atoms. The van der Waals surface area contributed by atoms with Crippen LogP contribution < -0.4 is 5.32 Å². The molecule has 4 rings (SSSR count). The monoisotopic (exact) mass is 315 g/mol. The zero-order valence-corrected chi connectivity index (χ0v) is 13.0. The number of nitrogens with one attached hydrogen (secondary N) is 1. The summed E-state index contributed by atoms with van der Waals surface area (Å²) in [5.41, 5.74) is 4.09. The second-order valence-corrected chi connectivity index (χ2v) is 6.44. The van der Waals surface area contributed by atoms with E-state index in [1.807, 2.05) is 19.2 Å². The molecule has 23 heavy (non-hydrogen) atoms. The minimum absolute atomic E-state index is 0.0559. The molecule has 1 fully saturated rings. The SMILES string of the molecule is CNC[C@@H]1C[C@H]2c3cc(F)ccc3Cc3ccc(F)cc3[C@@H]2O1. The van der Waals surface area contributed by atoms with E-state index in [0.717, 1.165) is 35.2 Å². The zero-order chi connectivity index (χ0) is 16.0. The third-order valence-electron chi connectivity index (χ3n) is 4.96. The van der Waals surface area contributed by atoms with E-state index < -0.39 is 0 Å². The van der Waals surface area contributed by atoms with Gasteiger partial charge in [0.1, 0.15) is 11.6 Å². The number of fused-ring (bicyclic) bond motifs is 5. The molecule has 0 saturated carbocycles. The lowest BCUT2D eigenvalue weighted by molar-refractivity contribution is 0.0417. The molecule has 0 aromatic heterocycles. The van der Waals surface area contributed by atoms with Crippen LogP contribution in [0.2, 0.25) is 0 Å². The van der Waals surface area contributed by atoms with Gasteiger partial charge in [0.25, 0.3) is 0 Å². The normalized spacial score (nSPS) is 25.4. The Morgan fingerprint density at radius 1 is 1.04 bits per heavy atom. The molecule has 1 aliphatic carbocycles. The van der Waals surface area contributed by atoms with E-state index in [4.69, 9.17) is 4.74 Å². The van der Waals surface area contributed by atoms with E-state index in [2.05, 4.69) is 5.32 Å². The number of rotatable bonds is 2. The first-order chi connectivity index (χ1) is 11.2. The Morgan fingerprint density at radius 3 is 2.39 bits per heavy atom. The van der Waals surface area contributed by atoms with Crippen molar-refractivity contribution in [1.82, 2.24) is 5.32 Å². The van der Waals surface area contributed by atoms with Gasteiger partial charge in [-0.15, -0.1) is 0 Å². The van der Waals surface area contributed by atoms with Crippen LogP contribution in [0.3, 0.4) is 0 Å². The van der Waals surface area contributed by atoms with Crippen molar-refractivity contribution in [3.05, 3.63) is 70.3 Å². The topological polar surface area (TPSA) is 21.3 Å². The van der Waals surface area contributed by atoms with Gasteiger partial charge in [-0.05, 0) is 66.4 Å². The van der Waals surface area contributed by atoms with Crippen molar-refractivity contribution in [2.24, 2.45) is 0 Å². The summed E-state index contributed by atoms with van der Waals surface area (Å²) in [6, 6.07) is 9.88. The van der Waals surface area contributed by atoms with Crippen LogP contribution in [0, 0.1) is 11.6 Å². The molecular weight excluding hydrogens is 296 g/mol. The Hall–Kier alpha value is -1.78. The van der Waals surface area contributed by atoms with Gasteiger partial charge in [-0.3, -0.25) is 0 Å². The first-order valence-corrected chi connectivity index (χ1v) is 8.02. The number of likely N-dealkylation sites (N-methyl/N-ethyl adjacent to an activating group) is 1. The van der Waals surface area contributed by atoms with Crippen LogP contribution in [-0.2, 0) is 11.2 Å². The maximum Gasteiger partial charge on any atom is 0.123 e. The molecule has 120 valence electrons. The van der Waals surface area contributed by atoms with Gasteiger partial charge in [-0.2, -0.15) is 0 Å². The molecule has 2 aromatic carbocycles. The van der Waals surface area contributed by atoms with Crippen molar-refractivity contribution in [3.63, 3.8) is 0 Å². The van der Waals surface area contributed by atoms with Crippen LogP contribution in [0.15, 0.2) is 36.4 Å². The van der Waals surface area contributed by atoms with Crippen molar-refractivity contribution in [3.8, 4) is 0 Å². The number of benzene rings is 2. The van der Waals surface area contributed by atoms with Gasteiger partial charge in [-0.25, -0.2) is 8.78 Å². The van der Waals surface area contributed by atoms with Crippen molar-refractivity contribution < 1.29 is 13.5 Å². The highest BCUT2D eigenvalue weighted by Crippen LogP contribution is 2.49. The van der Waals surface area contributed by atoms with Gasteiger partial charge in [0.2, 0.25) is 0 Å². The number of hydrogen-bond donors (Lipinski definition) is 1. The summed E-state index contributed by atoms with van der Waals surface area (Å²) in [7, 11) is 1.89. The fourth-order valence-electron chi connectivity index (χ4n) is 3.97. The average molecular weight is 315 g/mol. The molecule has 2 nitrogen and oxygen atoms in total. The van der Waals surface area contributed by atoms with Crippen molar-refractivity contribution in [1.29, 1.82) is 0 Å². The van der Waals surface area contributed by atoms with Crippen LogP contribution in [0.1, 0.15) is 40.7 Å². The predicted molar refractivity (Wildman–Crippen MR) is 84.5 cm³/mol. The Kier molecular flexibility index (Phi) is 3.66. The molecule has 3 atom stereocenters. The second kappa shape index (κ2) is 5.69. The minimum Gasteiger partial charge on any atom is -0.368 e. The van der Waals surface area contributed by atoms with Gasteiger partial charge in [0.05, 0.1) is 12.2 Å². The summed E-state index contributed by atoms with van der Waals surface area (Å²) in [6.07, 6.45) is 1.36. The first-order valence-electron chi connectivity index (χ1n) is 8.02. The lowest BCUT2D eigenvalue weighted by Gasteiger charge is -2.19. The molecule has 0 radical (unpaired) electrons. The molecule has 0 spiro atoms. The minimum atomic E-state index is -0.250. The summed E-state index contributed by atoms with van der Waals surface area (Å²) in [5, 5.41) is 3.13. The molecule has 0 unspecified atom stereocenters. The molecule has 2 aliphatic rings. The molecule has 4 heteroatoms. The lowest BCUT2D eigenvalue weighted by Crippen LogP contribution is -2.23. The summed E-state index contributed by atoms with van der Waals surface area (Å²) >= 11 is 0. The highest BCUT2D eigenvalue weighted by Gasteiger charge is 2.40. The van der Waals surface area contributed by atoms with Crippen molar-refractivity contribution in [2.45, 2.75) is 31.0 Å². The average Bonchev–Trinajstić information content (AvgIpc) is 2.90. The van der Waals surface area contributed by atoms with Gasteiger partial charge in [0, 0.05) is 12.5 Å². The molecular formula is C19H19F2NO. The highest BCUT2D eigenvalue weighted by atomic mass is 19.1. The molecule has 1 saturated heterocycles. The second-order valence-electron chi connectivity index (χ2n) is 6.44. The number of halogens is 2. The van der Waals surface area contributed by atoms with E-state index in [9.17, 15) is 8.78 Å². The number of ether oxygens (including phenoxy) is 1. The summed E-state index contributed by atoms with van der Waals surface area (Å²) in [6.45, 7) is 0.738. The summed E-state index contributed by atoms with van der Waals surface area (Å²) in [5.74, 6) is -0.404. The van der Waals surface area contributed by atoms with Gasteiger partial charge in [0.15, 0.2) is 0 Å². The van der Waals surface area contributed by atoms with Gasteiger partial charge in [-0.1, -0.05) is 12.1 Å². The standard InChI is InChI=1S/C19H19F2NO/c1-22-10-15-9-18-16-7-13(20)4-2-11(16)6-12-3-5-14(21)8-17(12)19(18)23-15/h2-5,7-8,15,18-19,22H,6,9-10H2,1H3/t15-,18-,19-/m0/s1. The van der Waals surface area contributed by atoms with E-state index in [1.54, 1.807) is 12.1 Å². The van der Waals surface area contributed by atoms with E-state index in [-0.39, 0.29) is 29.8 Å². The molecule has 1 heterocycles. The third kappa shape index (κ3) is 2.56. The van der Waals surface area contributed by atoms with Crippen LogP contribution in [0.5, 0.6) is 0 Å². The third-order valence-corrected chi connectivity index (χ3v) is 4.96. The maximum absolute atomic E-state index is 13.8. The fourth-order valence-corrected chi connectivity index (χ4v) is 3.97. The molecule has 2 aromatic rings. The highest BCUT2D eigenvalue weighted by molar-refractivity contribution is 5.45. The van der Waals surface area contributed by atoms with E-state index in [1.165, 1.54) is 12.1 Å². The maximum atomic E-state index is 13.8. The van der Waals surface area contributed by atoms with Crippen molar-refractivity contribution >= 4 is 0 Å². The zero-order valence-electron chi connectivity index (χ0n) is 13.0. The predicted octanol–water partition coefficient (Wildman–Crippen LogP) is 3.70. The van der Waals surface area contributed by atoms with Crippen LogP contribution in [0.25, 0.3) is 0 Å². The van der Waals surface area contributed by atoms with Crippen molar-refractivity contribution in [2.75, 3.05) is 13.6 Å². The van der Waals surface area contributed by atoms with Gasteiger partial charge >= 0.3 is 0 Å². The largest absolute Gasteiger partial charge is 0.368 e. The Labute approximate surface area is 134 Å². The quantitative estimate of drug-likeness (QED) is 0.912. The molecule has 0 amide bonds. The van der Waals surface area contributed by atoms with Crippen LogP contribution in [-0.4, -0.2) is 19.7 Å². The Balaban J connectivity index is 1.85. The summed E-state index contributed by atoms with van der Waals surface area (Å²) in [4.78, 5) is 0.